The predicted molar refractivity (Wildman–Crippen MR) is 132 cm³/mol. The largest absolute Gasteiger partial charge is 0.324 e. The maximum Gasteiger partial charge on any atom is 0.276 e. The minimum absolute atomic E-state index is 0.00968. The van der Waals surface area contributed by atoms with Crippen LogP contribution in [0.5, 0.6) is 0 Å². The summed E-state index contributed by atoms with van der Waals surface area (Å²) in [5.41, 5.74) is 3.96. The van der Waals surface area contributed by atoms with Crippen LogP contribution in [-0.4, -0.2) is 36.4 Å². The van der Waals surface area contributed by atoms with Crippen LogP contribution in [0, 0.1) is 6.92 Å². The van der Waals surface area contributed by atoms with E-state index in [4.69, 9.17) is 0 Å². The summed E-state index contributed by atoms with van der Waals surface area (Å²) in [6, 6.07) is 14.6. The van der Waals surface area contributed by atoms with Gasteiger partial charge >= 0.3 is 0 Å². The molecule has 0 aliphatic carbocycles. The Morgan fingerprint density at radius 1 is 1.03 bits per heavy atom. The maximum absolute atomic E-state index is 12.8. The fourth-order valence-corrected chi connectivity index (χ4v) is 4.53. The number of hydrogen-bond donors (Lipinski definition) is 2. The smallest absolute Gasteiger partial charge is 0.276 e. The van der Waals surface area contributed by atoms with Crippen LogP contribution in [0.15, 0.2) is 66.3 Å². The Labute approximate surface area is 199 Å². The highest BCUT2D eigenvalue weighted by atomic mass is 32.1. The number of carbonyl (C=O) groups excluding carboxylic acids is 2. The van der Waals surface area contributed by atoms with Gasteiger partial charge in [-0.05, 0) is 48.7 Å². The molecule has 34 heavy (non-hydrogen) atoms. The summed E-state index contributed by atoms with van der Waals surface area (Å²) < 4.78 is 3.17. The number of benzene rings is 1. The molecule has 0 unspecified atom stereocenters. The van der Waals surface area contributed by atoms with Crippen molar-refractivity contribution in [3.8, 4) is 10.4 Å². The minimum Gasteiger partial charge on any atom is -0.324 e. The van der Waals surface area contributed by atoms with Crippen LogP contribution in [0.3, 0.4) is 0 Å². The van der Waals surface area contributed by atoms with E-state index in [1.807, 2.05) is 24.4 Å². The van der Waals surface area contributed by atoms with Gasteiger partial charge in [-0.3, -0.25) is 14.3 Å². The molecular weight excluding hydrogens is 450 g/mol. The lowest BCUT2D eigenvalue weighted by Gasteiger charge is -2.09. The topological polar surface area (TPSA) is 107 Å². The quantitative estimate of drug-likeness (QED) is 0.388. The lowest BCUT2D eigenvalue weighted by Crippen LogP contribution is -2.20. The Hall–Kier alpha value is -4.31. The van der Waals surface area contributed by atoms with Crippen molar-refractivity contribution in [2.24, 2.45) is 7.05 Å². The van der Waals surface area contributed by atoms with Crippen molar-refractivity contribution in [2.75, 3.05) is 10.6 Å². The predicted octanol–water partition coefficient (Wildman–Crippen LogP) is 4.09. The SMILES string of the molecule is Cc1nn(CC(=O)Nc2cccc(NC(=O)c3ccn(C)n3)c2)c2nccc(-c3cccs3)c12. The Morgan fingerprint density at radius 2 is 1.85 bits per heavy atom. The zero-order chi connectivity index (χ0) is 23.7. The third kappa shape index (κ3) is 4.30. The Morgan fingerprint density at radius 3 is 2.59 bits per heavy atom. The van der Waals surface area contributed by atoms with Crippen LogP contribution >= 0.6 is 11.3 Å². The van der Waals surface area contributed by atoms with E-state index >= 15 is 0 Å². The first-order chi connectivity index (χ1) is 16.5. The molecule has 4 aromatic heterocycles. The second-order valence-corrected chi connectivity index (χ2v) is 8.68. The number of aromatic nitrogens is 5. The van der Waals surface area contributed by atoms with Gasteiger partial charge in [0.2, 0.25) is 5.91 Å². The molecule has 5 rings (SSSR count). The Balaban J connectivity index is 1.32. The van der Waals surface area contributed by atoms with Gasteiger partial charge in [0.25, 0.3) is 5.91 Å². The first kappa shape index (κ1) is 21.5. The molecular formula is C24H21N7O2S. The number of hydrogen-bond acceptors (Lipinski definition) is 6. The number of amides is 2. The number of pyridine rings is 1. The van der Waals surface area contributed by atoms with Crippen molar-refractivity contribution in [2.45, 2.75) is 13.5 Å². The average molecular weight is 472 g/mol. The number of carbonyl (C=O) groups is 2. The van der Waals surface area contributed by atoms with Crippen LogP contribution in [0.1, 0.15) is 16.2 Å². The van der Waals surface area contributed by atoms with Gasteiger partial charge in [-0.2, -0.15) is 10.2 Å². The van der Waals surface area contributed by atoms with Gasteiger partial charge in [0.15, 0.2) is 11.3 Å². The first-order valence-corrected chi connectivity index (χ1v) is 11.4. The molecule has 1 aromatic carbocycles. The van der Waals surface area contributed by atoms with E-state index in [-0.39, 0.29) is 18.4 Å². The molecule has 2 N–H and O–H groups in total. The molecule has 10 heteroatoms. The number of fused-ring (bicyclic) bond motifs is 1. The molecule has 0 radical (unpaired) electrons. The lowest BCUT2D eigenvalue weighted by atomic mass is 10.1. The fraction of sp³-hybridized carbons (Fsp3) is 0.125. The summed E-state index contributed by atoms with van der Waals surface area (Å²) >= 11 is 1.65. The van der Waals surface area contributed by atoms with Crippen LogP contribution in [0.4, 0.5) is 11.4 Å². The summed E-state index contributed by atoms with van der Waals surface area (Å²) in [4.78, 5) is 30.8. The molecule has 0 saturated heterocycles. The number of nitrogens with one attached hydrogen (secondary N) is 2. The van der Waals surface area contributed by atoms with Crippen molar-refractivity contribution in [3.63, 3.8) is 0 Å². The molecule has 4 heterocycles. The molecule has 0 fully saturated rings. The second kappa shape index (κ2) is 8.91. The van der Waals surface area contributed by atoms with Crippen LogP contribution in [0.2, 0.25) is 0 Å². The molecule has 0 bridgehead atoms. The normalized spacial score (nSPS) is 11.0. The number of nitrogens with zero attached hydrogens (tertiary/aromatic N) is 5. The third-order valence-electron chi connectivity index (χ3n) is 5.24. The molecule has 170 valence electrons. The van der Waals surface area contributed by atoms with E-state index in [0.717, 1.165) is 21.5 Å². The summed E-state index contributed by atoms with van der Waals surface area (Å²) in [6.45, 7) is 1.93. The number of rotatable bonds is 6. The molecule has 5 aromatic rings. The zero-order valence-corrected chi connectivity index (χ0v) is 19.3. The molecule has 2 amide bonds. The van der Waals surface area contributed by atoms with Gasteiger partial charge in [-0.15, -0.1) is 11.3 Å². The van der Waals surface area contributed by atoms with Crippen molar-refractivity contribution in [3.05, 3.63) is 77.7 Å². The van der Waals surface area contributed by atoms with Gasteiger partial charge in [-0.25, -0.2) is 9.67 Å². The second-order valence-electron chi connectivity index (χ2n) is 7.74. The highest BCUT2D eigenvalue weighted by molar-refractivity contribution is 7.13. The first-order valence-electron chi connectivity index (χ1n) is 10.5. The van der Waals surface area contributed by atoms with Crippen molar-refractivity contribution >= 4 is 45.6 Å². The summed E-state index contributed by atoms with van der Waals surface area (Å²) in [5.74, 6) is -0.573. The average Bonchev–Trinajstić information content (AvgIpc) is 3.55. The Bertz CT molecular complexity index is 1500. The van der Waals surface area contributed by atoms with Crippen molar-refractivity contribution in [1.82, 2.24) is 24.5 Å². The van der Waals surface area contributed by atoms with Crippen LogP contribution in [0.25, 0.3) is 21.5 Å². The van der Waals surface area contributed by atoms with E-state index in [1.165, 1.54) is 0 Å². The van der Waals surface area contributed by atoms with Gasteiger partial charge < -0.3 is 10.6 Å². The zero-order valence-electron chi connectivity index (χ0n) is 18.5. The van der Waals surface area contributed by atoms with E-state index in [9.17, 15) is 9.59 Å². The molecule has 0 aliphatic rings. The van der Waals surface area contributed by atoms with E-state index < -0.39 is 0 Å². The van der Waals surface area contributed by atoms with E-state index in [2.05, 4.69) is 31.9 Å². The van der Waals surface area contributed by atoms with Gasteiger partial charge in [0, 0.05) is 41.3 Å². The Kier molecular flexibility index (Phi) is 5.64. The molecule has 0 spiro atoms. The number of thiophene rings is 1. The summed E-state index contributed by atoms with van der Waals surface area (Å²) in [7, 11) is 1.75. The summed E-state index contributed by atoms with van der Waals surface area (Å²) in [5, 5.41) is 17.3. The van der Waals surface area contributed by atoms with Gasteiger partial charge in [0.1, 0.15) is 6.54 Å². The molecule has 9 nitrogen and oxygen atoms in total. The van der Waals surface area contributed by atoms with Crippen LogP contribution in [-0.2, 0) is 18.4 Å². The lowest BCUT2D eigenvalue weighted by molar-refractivity contribution is -0.116. The van der Waals surface area contributed by atoms with Gasteiger partial charge in [0.05, 0.1) is 11.1 Å². The van der Waals surface area contributed by atoms with Gasteiger partial charge in [-0.1, -0.05) is 12.1 Å². The van der Waals surface area contributed by atoms with E-state index in [1.54, 1.807) is 70.5 Å². The molecule has 0 atom stereocenters. The standard InChI is InChI=1S/C24H21N7O2S/c1-15-22-18(20-7-4-12-34-20)8-10-25-23(22)31(28-15)14-21(32)26-16-5-3-6-17(13-16)27-24(33)19-9-11-30(2)29-19/h3-13H,14H2,1-2H3,(H,26,32)(H,27,33). The molecule has 0 saturated carbocycles. The van der Waals surface area contributed by atoms with Crippen molar-refractivity contribution in [1.29, 1.82) is 0 Å². The fourth-order valence-electron chi connectivity index (χ4n) is 3.77. The third-order valence-corrected chi connectivity index (χ3v) is 6.14. The van der Waals surface area contributed by atoms with E-state index in [0.29, 0.717) is 22.7 Å². The minimum atomic E-state index is -0.324. The number of aryl methyl sites for hydroxylation is 2. The summed E-state index contributed by atoms with van der Waals surface area (Å²) in [6.07, 6.45) is 3.44. The highest BCUT2D eigenvalue weighted by Gasteiger charge is 2.17. The monoisotopic (exact) mass is 471 g/mol. The van der Waals surface area contributed by atoms with Crippen molar-refractivity contribution < 1.29 is 9.59 Å². The molecule has 0 aliphatic heterocycles. The maximum atomic E-state index is 12.8. The highest BCUT2D eigenvalue weighted by Crippen LogP contribution is 2.32. The number of anilines is 2. The van der Waals surface area contributed by atoms with Crippen LogP contribution < -0.4 is 10.6 Å².